The lowest BCUT2D eigenvalue weighted by Crippen LogP contribution is -2.49. The Hall–Kier alpha value is -1.82. The molecule has 2 aromatic rings. The number of fused-ring (bicyclic) bond motifs is 1. The maximum absolute atomic E-state index is 12.6. The van der Waals surface area contributed by atoms with Crippen molar-refractivity contribution in [3.8, 4) is 0 Å². The number of furan rings is 1. The number of rotatable bonds is 1. The molecular formula is C16H19NO4S. The summed E-state index contributed by atoms with van der Waals surface area (Å²) in [5.41, 5.74) is 2.94. The Morgan fingerprint density at radius 1 is 1.23 bits per heavy atom. The van der Waals surface area contributed by atoms with Gasteiger partial charge in [-0.1, -0.05) is 0 Å². The van der Waals surface area contributed by atoms with Gasteiger partial charge in [0, 0.05) is 18.0 Å². The number of hydrogen-bond acceptors (Lipinski definition) is 4. The van der Waals surface area contributed by atoms with Crippen molar-refractivity contribution < 1.29 is 17.6 Å². The van der Waals surface area contributed by atoms with Gasteiger partial charge < -0.3 is 9.32 Å². The Labute approximate surface area is 129 Å². The molecule has 1 aromatic carbocycles. The number of nitrogens with zero attached hydrogens (tertiary/aromatic N) is 1. The van der Waals surface area contributed by atoms with Gasteiger partial charge in [0.1, 0.15) is 5.58 Å². The standard InChI is InChI=1S/C16H19NO4S/c1-10-6-13-8-15(21-14(13)7-11(10)2)16(18)17-4-5-22(19,20)9-12(17)3/h6-8,12H,4-5,9H2,1-3H3. The van der Waals surface area contributed by atoms with E-state index in [4.69, 9.17) is 4.42 Å². The number of amides is 1. The van der Waals surface area contributed by atoms with Gasteiger partial charge in [0.25, 0.3) is 5.91 Å². The average Bonchev–Trinajstić information content (AvgIpc) is 2.80. The third-order valence-corrected chi connectivity index (χ3v) is 6.07. The minimum absolute atomic E-state index is 0.0111. The third kappa shape index (κ3) is 2.63. The Bertz CT molecular complexity index is 811. The first-order valence-corrected chi connectivity index (χ1v) is 9.11. The number of aryl methyl sites for hydroxylation is 2. The van der Waals surface area contributed by atoms with E-state index in [9.17, 15) is 13.2 Å². The molecule has 2 heterocycles. The number of benzene rings is 1. The molecule has 0 bridgehead atoms. The molecule has 0 radical (unpaired) electrons. The van der Waals surface area contributed by atoms with Gasteiger partial charge >= 0.3 is 0 Å². The van der Waals surface area contributed by atoms with E-state index in [2.05, 4.69) is 0 Å². The minimum Gasteiger partial charge on any atom is -0.451 e. The second-order valence-corrected chi connectivity index (χ2v) is 8.28. The van der Waals surface area contributed by atoms with Crippen LogP contribution < -0.4 is 0 Å². The van der Waals surface area contributed by atoms with Crippen LogP contribution in [0.2, 0.25) is 0 Å². The van der Waals surface area contributed by atoms with Gasteiger partial charge in [0.15, 0.2) is 15.6 Å². The highest BCUT2D eigenvalue weighted by molar-refractivity contribution is 7.91. The van der Waals surface area contributed by atoms with Crippen LogP contribution in [-0.2, 0) is 9.84 Å². The van der Waals surface area contributed by atoms with E-state index in [-0.39, 0.29) is 35.8 Å². The van der Waals surface area contributed by atoms with Crippen LogP contribution in [0.5, 0.6) is 0 Å². The van der Waals surface area contributed by atoms with Gasteiger partial charge in [-0.05, 0) is 50.1 Å². The van der Waals surface area contributed by atoms with Crippen LogP contribution in [0, 0.1) is 13.8 Å². The van der Waals surface area contributed by atoms with Gasteiger partial charge in [0.05, 0.1) is 11.5 Å². The van der Waals surface area contributed by atoms with Crippen molar-refractivity contribution in [2.24, 2.45) is 0 Å². The van der Waals surface area contributed by atoms with E-state index in [1.54, 1.807) is 17.9 Å². The van der Waals surface area contributed by atoms with Crippen LogP contribution in [0.3, 0.4) is 0 Å². The molecule has 0 saturated carbocycles. The smallest absolute Gasteiger partial charge is 0.289 e. The zero-order valence-electron chi connectivity index (χ0n) is 12.9. The number of carbonyl (C=O) groups is 1. The fourth-order valence-corrected chi connectivity index (χ4v) is 4.41. The van der Waals surface area contributed by atoms with Gasteiger partial charge in [0.2, 0.25) is 0 Å². The molecule has 1 atom stereocenters. The molecule has 22 heavy (non-hydrogen) atoms. The molecule has 6 heteroatoms. The summed E-state index contributed by atoms with van der Waals surface area (Å²) in [4.78, 5) is 14.2. The molecule has 1 aliphatic heterocycles. The van der Waals surface area contributed by atoms with Crippen LogP contribution in [0.1, 0.15) is 28.6 Å². The van der Waals surface area contributed by atoms with E-state index in [1.807, 2.05) is 26.0 Å². The highest BCUT2D eigenvalue weighted by atomic mass is 32.2. The molecule has 1 aliphatic rings. The minimum atomic E-state index is -3.04. The number of hydrogen-bond donors (Lipinski definition) is 0. The van der Waals surface area contributed by atoms with E-state index in [0.29, 0.717) is 5.58 Å². The summed E-state index contributed by atoms with van der Waals surface area (Å²) in [6, 6.07) is 5.32. The van der Waals surface area contributed by atoms with Gasteiger partial charge in [-0.3, -0.25) is 4.79 Å². The summed E-state index contributed by atoms with van der Waals surface area (Å²) in [5.74, 6) is 0.0543. The first kappa shape index (κ1) is 15.1. The Kier molecular flexibility index (Phi) is 3.51. The van der Waals surface area contributed by atoms with Gasteiger partial charge in [-0.2, -0.15) is 0 Å². The molecule has 118 valence electrons. The average molecular weight is 321 g/mol. The van der Waals surface area contributed by atoms with Gasteiger partial charge in [-0.25, -0.2) is 8.42 Å². The predicted octanol–water partition coefficient (Wildman–Crippen LogP) is 2.31. The highest BCUT2D eigenvalue weighted by Gasteiger charge is 2.33. The molecule has 0 aliphatic carbocycles. The van der Waals surface area contributed by atoms with E-state index >= 15 is 0 Å². The maximum Gasteiger partial charge on any atom is 0.289 e. The van der Waals surface area contributed by atoms with Crippen molar-refractivity contribution in [3.63, 3.8) is 0 Å². The Morgan fingerprint density at radius 3 is 2.59 bits per heavy atom. The van der Waals surface area contributed by atoms with Crippen molar-refractivity contribution in [2.45, 2.75) is 26.8 Å². The van der Waals surface area contributed by atoms with Crippen LogP contribution in [-0.4, -0.2) is 43.3 Å². The summed E-state index contributed by atoms with van der Waals surface area (Å²) >= 11 is 0. The molecule has 1 aromatic heterocycles. The van der Waals surface area contributed by atoms with Crippen molar-refractivity contribution in [3.05, 3.63) is 35.1 Å². The Morgan fingerprint density at radius 2 is 1.91 bits per heavy atom. The SMILES string of the molecule is Cc1cc2cc(C(=O)N3CCS(=O)(=O)CC3C)oc2cc1C. The predicted molar refractivity (Wildman–Crippen MR) is 84.8 cm³/mol. The van der Waals surface area contributed by atoms with Crippen LogP contribution in [0.4, 0.5) is 0 Å². The summed E-state index contributed by atoms with van der Waals surface area (Å²) in [6.45, 7) is 5.99. The van der Waals surface area contributed by atoms with Crippen molar-refractivity contribution in [1.82, 2.24) is 4.90 Å². The Balaban J connectivity index is 1.92. The first-order valence-electron chi connectivity index (χ1n) is 7.29. The second-order valence-electron chi connectivity index (χ2n) is 6.05. The molecule has 5 nitrogen and oxygen atoms in total. The van der Waals surface area contributed by atoms with Crippen molar-refractivity contribution in [2.75, 3.05) is 18.1 Å². The molecule has 1 unspecified atom stereocenters. The summed E-state index contributed by atoms with van der Waals surface area (Å²) in [6.07, 6.45) is 0. The zero-order chi connectivity index (χ0) is 16.1. The quantitative estimate of drug-likeness (QED) is 0.808. The maximum atomic E-state index is 12.6. The fourth-order valence-electron chi connectivity index (χ4n) is 2.85. The highest BCUT2D eigenvalue weighted by Crippen LogP contribution is 2.25. The fraction of sp³-hybridized carbons (Fsp3) is 0.438. The normalized spacial score (nSPS) is 21.2. The van der Waals surface area contributed by atoms with E-state index in [0.717, 1.165) is 16.5 Å². The van der Waals surface area contributed by atoms with Crippen LogP contribution in [0.25, 0.3) is 11.0 Å². The second kappa shape index (κ2) is 5.12. The lowest BCUT2D eigenvalue weighted by molar-refractivity contribution is 0.0682. The molecule has 1 saturated heterocycles. The van der Waals surface area contributed by atoms with Gasteiger partial charge in [-0.15, -0.1) is 0 Å². The molecular weight excluding hydrogens is 302 g/mol. The third-order valence-electron chi connectivity index (χ3n) is 4.27. The first-order chi connectivity index (χ1) is 10.3. The van der Waals surface area contributed by atoms with E-state index < -0.39 is 9.84 Å². The number of sulfone groups is 1. The van der Waals surface area contributed by atoms with Crippen LogP contribution >= 0.6 is 0 Å². The summed E-state index contributed by atoms with van der Waals surface area (Å²) in [7, 11) is -3.04. The molecule has 1 amide bonds. The van der Waals surface area contributed by atoms with E-state index in [1.165, 1.54) is 0 Å². The largest absolute Gasteiger partial charge is 0.451 e. The van der Waals surface area contributed by atoms with Crippen LogP contribution in [0.15, 0.2) is 22.6 Å². The number of carbonyl (C=O) groups excluding carboxylic acids is 1. The molecule has 0 N–H and O–H groups in total. The monoisotopic (exact) mass is 321 g/mol. The topological polar surface area (TPSA) is 67.6 Å². The van der Waals surface area contributed by atoms with Crippen molar-refractivity contribution >= 4 is 26.7 Å². The molecule has 3 rings (SSSR count). The zero-order valence-corrected chi connectivity index (χ0v) is 13.7. The van der Waals surface area contributed by atoms with Crippen molar-refractivity contribution in [1.29, 1.82) is 0 Å². The molecule has 0 spiro atoms. The molecule has 1 fully saturated rings. The lowest BCUT2D eigenvalue weighted by Gasteiger charge is -2.32. The summed E-state index contributed by atoms with van der Waals surface area (Å²) in [5, 5.41) is 0.892. The lowest BCUT2D eigenvalue weighted by atomic mass is 10.1. The summed E-state index contributed by atoms with van der Waals surface area (Å²) < 4.78 is 28.9.